The number of rotatable bonds is 1. The standard InChI is InChI=1S/C8H15NO2/c1-8(2,3)7-9-6(4-10)5-11-7/h6,10H,4-5H2,1-3H3. The molecule has 0 radical (unpaired) electrons. The summed E-state index contributed by atoms with van der Waals surface area (Å²) < 4.78 is 5.31. The van der Waals surface area contributed by atoms with Crippen LogP contribution in [0.4, 0.5) is 0 Å². The zero-order valence-corrected chi connectivity index (χ0v) is 7.29. The summed E-state index contributed by atoms with van der Waals surface area (Å²) in [5.41, 5.74) is -0.0239. The lowest BCUT2D eigenvalue weighted by Crippen LogP contribution is -2.20. The molecule has 0 aromatic carbocycles. The van der Waals surface area contributed by atoms with E-state index in [0.717, 1.165) is 5.90 Å². The highest BCUT2D eigenvalue weighted by Gasteiger charge is 2.27. The SMILES string of the molecule is CC(C)(C)C1=NC(CO)CO1. The van der Waals surface area contributed by atoms with E-state index in [1.54, 1.807) is 0 Å². The van der Waals surface area contributed by atoms with Gasteiger partial charge in [-0.1, -0.05) is 20.8 Å². The second kappa shape index (κ2) is 2.81. The van der Waals surface area contributed by atoms with Crippen LogP contribution in [-0.2, 0) is 4.74 Å². The van der Waals surface area contributed by atoms with E-state index >= 15 is 0 Å². The number of aliphatic hydroxyl groups excluding tert-OH is 1. The summed E-state index contributed by atoms with van der Waals surface area (Å²) in [7, 11) is 0. The second-order valence-corrected chi connectivity index (χ2v) is 3.83. The first-order valence-electron chi connectivity index (χ1n) is 3.86. The van der Waals surface area contributed by atoms with Gasteiger partial charge in [-0.25, -0.2) is 4.99 Å². The normalized spacial score (nSPS) is 24.7. The number of hydrogen-bond acceptors (Lipinski definition) is 3. The minimum absolute atomic E-state index is 0.0239. The van der Waals surface area contributed by atoms with Gasteiger partial charge in [-0.15, -0.1) is 0 Å². The van der Waals surface area contributed by atoms with Crippen molar-refractivity contribution in [2.75, 3.05) is 13.2 Å². The first-order valence-corrected chi connectivity index (χ1v) is 3.86. The van der Waals surface area contributed by atoms with E-state index in [4.69, 9.17) is 9.84 Å². The molecule has 0 aliphatic carbocycles. The highest BCUT2D eigenvalue weighted by atomic mass is 16.5. The molecule has 0 fully saturated rings. The number of aliphatic imine (C=N–C) groups is 1. The van der Waals surface area contributed by atoms with E-state index in [1.807, 2.05) is 20.8 Å². The van der Waals surface area contributed by atoms with Gasteiger partial charge in [-0.3, -0.25) is 0 Å². The van der Waals surface area contributed by atoms with Gasteiger partial charge in [0.15, 0.2) is 5.90 Å². The van der Waals surface area contributed by atoms with Crippen LogP contribution >= 0.6 is 0 Å². The first kappa shape index (κ1) is 8.53. The third-order valence-corrected chi connectivity index (χ3v) is 1.56. The molecule has 1 N–H and O–H groups in total. The molecule has 0 bridgehead atoms. The smallest absolute Gasteiger partial charge is 0.189 e. The maximum atomic E-state index is 8.76. The van der Waals surface area contributed by atoms with Gasteiger partial charge in [0.25, 0.3) is 0 Å². The third kappa shape index (κ3) is 1.93. The van der Waals surface area contributed by atoms with Gasteiger partial charge >= 0.3 is 0 Å². The van der Waals surface area contributed by atoms with Crippen LogP contribution in [0.3, 0.4) is 0 Å². The van der Waals surface area contributed by atoms with Crippen molar-refractivity contribution >= 4 is 5.90 Å². The Bertz CT molecular complexity index is 169. The number of ether oxygens (including phenoxy) is 1. The van der Waals surface area contributed by atoms with Crippen LogP contribution in [0, 0.1) is 5.41 Å². The van der Waals surface area contributed by atoms with Gasteiger partial charge in [0.1, 0.15) is 12.6 Å². The Kier molecular flexibility index (Phi) is 2.18. The van der Waals surface area contributed by atoms with Crippen molar-refractivity contribution in [1.29, 1.82) is 0 Å². The van der Waals surface area contributed by atoms with Crippen LogP contribution in [0.15, 0.2) is 4.99 Å². The van der Waals surface area contributed by atoms with Gasteiger partial charge in [-0.2, -0.15) is 0 Å². The fourth-order valence-corrected chi connectivity index (χ4v) is 0.919. The Morgan fingerprint density at radius 2 is 2.27 bits per heavy atom. The molecule has 3 nitrogen and oxygen atoms in total. The summed E-state index contributed by atoms with van der Waals surface area (Å²) in [5, 5.41) is 8.76. The largest absolute Gasteiger partial charge is 0.478 e. The lowest BCUT2D eigenvalue weighted by Gasteiger charge is -2.16. The van der Waals surface area contributed by atoms with Crippen LogP contribution in [0.25, 0.3) is 0 Å². The van der Waals surface area contributed by atoms with Gasteiger partial charge in [0, 0.05) is 5.41 Å². The van der Waals surface area contributed by atoms with Crippen LogP contribution in [0.2, 0.25) is 0 Å². The molecule has 1 atom stereocenters. The molecule has 3 heteroatoms. The topological polar surface area (TPSA) is 41.8 Å². The minimum atomic E-state index is -0.0378. The Morgan fingerprint density at radius 1 is 1.64 bits per heavy atom. The van der Waals surface area contributed by atoms with Gasteiger partial charge in [0.2, 0.25) is 0 Å². The van der Waals surface area contributed by atoms with E-state index in [9.17, 15) is 0 Å². The Balaban J connectivity index is 2.62. The molecule has 1 rings (SSSR count). The Morgan fingerprint density at radius 3 is 2.55 bits per heavy atom. The molecule has 11 heavy (non-hydrogen) atoms. The lowest BCUT2D eigenvalue weighted by atomic mass is 9.97. The van der Waals surface area contributed by atoms with E-state index in [0.29, 0.717) is 6.61 Å². The van der Waals surface area contributed by atoms with Crippen LogP contribution in [-0.4, -0.2) is 30.3 Å². The maximum Gasteiger partial charge on any atom is 0.189 e. The van der Waals surface area contributed by atoms with Crippen molar-refractivity contribution in [3.63, 3.8) is 0 Å². The molecule has 1 heterocycles. The highest BCUT2D eigenvalue weighted by molar-refractivity contribution is 5.82. The molecule has 64 valence electrons. The molecule has 0 aromatic rings. The van der Waals surface area contributed by atoms with Crippen molar-refractivity contribution in [1.82, 2.24) is 0 Å². The molecule has 1 aliphatic heterocycles. The Labute approximate surface area is 67.1 Å². The Hall–Kier alpha value is -0.570. The number of aliphatic hydroxyl groups is 1. The summed E-state index contributed by atoms with van der Waals surface area (Å²) in [6.07, 6.45) is 0. The van der Waals surface area contributed by atoms with Gasteiger partial charge in [-0.05, 0) is 0 Å². The van der Waals surface area contributed by atoms with Crippen molar-refractivity contribution in [3.05, 3.63) is 0 Å². The average molecular weight is 157 g/mol. The maximum absolute atomic E-state index is 8.76. The summed E-state index contributed by atoms with van der Waals surface area (Å²) in [6.45, 7) is 6.76. The summed E-state index contributed by atoms with van der Waals surface area (Å²) >= 11 is 0. The molecule has 0 saturated carbocycles. The van der Waals surface area contributed by atoms with E-state index in [1.165, 1.54) is 0 Å². The molecule has 1 aliphatic rings. The molecular weight excluding hydrogens is 142 g/mol. The monoisotopic (exact) mass is 157 g/mol. The fraction of sp³-hybridized carbons (Fsp3) is 0.875. The molecule has 1 unspecified atom stereocenters. The fourth-order valence-electron chi connectivity index (χ4n) is 0.919. The quantitative estimate of drug-likeness (QED) is 0.612. The lowest BCUT2D eigenvalue weighted by molar-refractivity contribution is 0.219. The van der Waals surface area contributed by atoms with Crippen molar-refractivity contribution in [3.8, 4) is 0 Å². The molecule has 0 aromatic heterocycles. The molecular formula is C8H15NO2. The average Bonchev–Trinajstić information content (AvgIpc) is 2.32. The molecule has 0 amide bonds. The summed E-state index contributed by atoms with van der Waals surface area (Å²) in [5.74, 6) is 0.761. The van der Waals surface area contributed by atoms with E-state index < -0.39 is 0 Å². The minimum Gasteiger partial charge on any atom is -0.478 e. The van der Waals surface area contributed by atoms with Gasteiger partial charge in [0.05, 0.1) is 6.61 Å². The van der Waals surface area contributed by atoms with Crippen molar-refractivity contribution in [2.24, 2.45) is 10.4 Å². The third-order valence-electron chi connectivity index (χ3n) is 1.56. The van der Waals surface area contributed by atoms with E-state index in [-0.39, 0.29) is 18.1 Å². The van der Waals surface area contributed by atoms with Crippen LogP contribution in [0.1, 0.15) is 20.8 Å². The van der Waals surface area contributed by atoms with Gasteiger partial charge < -0.3 is 9.84 Å². The van der Waals surface area contributed by atoms with Crippen molar-refractivity contribution in [2.45, 2.75) is 26.8 Å². The molecule has 0 spiro atoms. The highest BCUT2D eigenvalue weighted by Crippen LogP contribution is 2.21. The van der Waals surface area contributed by atoms with E-state index in [2.05, 4.69) is 4.99 Å². The molecule has 0 saturated heterocycles. The number of nitrogens with zero attached hydrogens (tertiary/aromatic N) is 1. The number of hydrogen-bond donors (Lipinski definition) is 1. The van der Waals surface area contributed by atoms with Crippen molar-refractivity contribution < 1.29 is 9.84 Å². The zero-order valence-electron chi connectivity index (χ0n) is 7.29. The second-order valence-electron chi connectivity index (χ2n) is 3.83. The predicted molar refractivity (Wildman–Crippen MR) is 43.7 cm³/mol. The van der Waals surface area contributed by atoms with Crippen LogP contribution in [0.5, 0.6) is 0 Å². The predicted octanol–water partition coefficient (Wildman–Crippen LogP) is 0.822. The zero-order chi connectivity index (χ0) is 8.48. The summed E-state index contributed by atoms with van der Waals surface area (Å²) in [4.78, 5) is 4.22. The first-order chi connectivity index (χ1) is 5.04. The summed E-state index contributed by atoms with van der Waals surface area (Å²) in [6, 6.07) is -0.0378. The van der Waals surface area contributed by atoms with Crippen LogP contribution < -0.4 is 0 Å².